The number of carbonyl (C=O) groups is 1. The Morgan fingerprint density at radius 3 is 2.67 bits per heavy atom. The summed E-state index contributed by atoms with van der Waals surface area (Å²) in [5.74, 6) is -1.13. The molecule has 0 fully saturated rings. The first kappa shape index (κ1) is 18.9. The van der Waals surface area contributed by atoms with Crippen LogP contribution in [-0.2, 0) is 4.79 Å². The Balaban J connectivity index is 1.94. The molecule has 1 amide bonds. The predicted molar refractivity (Wildman–Crippen MR) is 94.9 cm³/mol. The lowest BCUT2D eigenvalue weighted by molar-refractivity contribution is -0.136. The molecular formula is C17H13F3N4O2S. The van der Waals surface area contributed by atoms with Gasteiger partial charge in [-0.1, -0.05) is 23.9 Å². The number of para-hydroxylation sites is 1. The lowest BCUT2D eigenvalue weighted by Crippen LogP contribution is -2.35. The summed E-state index contributed by atoms with van der Waals surface area (Å²) in [5, 5.41) is 2.36. The summed E-state index contributed by atoms with van der Waals surface area (Å²) in [7, 11) is 0. The highest BCUT2D eigenvalue weighted by atomic mass is 32.2. The fourth-order valence-corrected chi connectivity index (χ4v) is 3.15. The molecule has 2 aromatic heterocycles. The number of halogens is 3. The van der Waals surface area contributed by atoms with Crippen molar-refractivity contribution in [3.05, 3.63) is 59.1 Å². The molecule has 1 aromatic carbocycles. The standard InChI is InChI=1S/C17H13F3N4O2S/c18-17(19,20)10-22-14(25)9-27-16-23-13-6-2-1-5-12(13)15(26)24(16)11-4-3-7-21-8-11/h1-8H,9-10H2,(H,22,25). The van der Waals surface area contributed by atoms with Crippen LogP contribution in [0.3, 0.4) is 0 Å². The average Bonchev–Trinajstić information content (AvgIpc) is 2.65. The largest absolute Gasteiger partial charge is 0.405 e. The summed E-state index contributed by atoms with van der Waals surface area (Å²) < 4.78 is 37.9. The highest BCUT2D eigenvalue weighted by Crippen LogP contribution is 2.21. The summed E-state index contributed by atoms with van der Waals surface area (Å²) in [6.45, 7) is -1.41. The van der Waals surface area contributed by atoms with Crippen LogP contribution < -0.4 is 10.9 Å². The van der Waals surface area contributed by atoms with E-state index in [-0.39, 0.29) is 16.5 Å². The van der Waals surface area contributed by atoms with Crippen LogP contribution in [0.2, 0.25) is 0 Å². The lowest BCUT2D eigenvalue weighted by atomic mass is 10.2. The second-order valence-corrected chi connectivity index (χ2v) is 6.39. The third-order valence-corrected chi connectivity index (χ3v) is 4.41. The lowest BCUT2D eigenvalue weighted by Gasteiger charge is -2.13. The Morgan fingerprint density at radius 2 is 1.96 bits per heavy atom. The molecule has 1 N–H and O–H groups in total. The van der Waals surface area contributed by atoms with E-state index in [9.17, 15) is 22.8 Å². The Kier molecular flexibility index (Phi) is 5.45. The Hall–Kier alpha value is -2.88. The molecular weight excluding hydrogens is 381 g/mol. The number of thioether (sulfide) groups is 1. The van der Waals surface area contributed by atoms with Crippen LogP contribution in [0.15, 0.2) is 58.7 Å². The summed E-state index contributed by atoms with van der Waals surface area (Å²) >= 11 is 0.874. The summed E-state index contributed by atoms with van der Waals surface area (Å²) in [5.41, 5.74) is 0.520. The molecule has 140 valence electrons. The van der Waals surface area contributed by atoms with E-state index < -0.39 is 18.6 Å². The van der Waals surface area contributed by atoms with Crippen molar-refractivity contribution < 1.29 is 18.0 Å². The Morgan fingerprint density at radius 1 is 1.19 bits per heavy atom. The van der Waals surface area contributed by atoms with Crippen molar-refractivity contribution in [3.63, 3.8) is 0 Å². The molecule has 6 nitrogen and oxygen atoms in total. The van der Waals surface area contributed by atoms with Gasteiger partial charge in [0.1, 0.15) is 6.54 Å². The van der Waals surface area contributed by atoms with Crippen molar-refractivity contribution in [2.75, 3.05) is 12.3 Å². The summed E-state index contributed by atoms with van der Waals surface area (Å²) in [6.07, 6.45) is -1.48. The van der Waals surface area contributed by atoms with Gasteiger partial charge in [0.15, 0.2) is 5.16 Å². The van der Waals surface area contributed by atoms with Gasteiger partial charge in [-0.3, -0.25) is 19.1 Å². The third kappa shape index (κ3) is 4.64. The maximum atomic E-state index is 12.9. The number of aromatic nitrogens is 3. The van der Waals surface area contributed by atoms with Crippen molar-refractivity contribution in [2.45, 2.75) is 11.3 Å². The topological polar surface area (TPSA) is 76.9 Å². The second-order valence-electron chi connectivity index (χ2n) is 5.44. The number of nitrogens with one attached hydrogen (secondary N) is 1. The number of fused-ring (bicyclic) bond motifs is 1. The molecule has 0 spiro atoms. The van der Waals surface area contributed by atoms with Crippen LogP contribution in [0.25, 0.3) is 16.6 Å². The maximum Gasteiger partial charge on any atom is 0.405 e. The van der Waals surface area contributed by atoms with Crippen LogP contribution in [0.4, 0.5) is 13.2 Å². The molecule has 3 rings (SSSR count). The monoisotopic (exact) mass is 394 g/mol. The molecule has 0 radical (unpaired) electrons. The summed E-state index contributed by atoms with van der Waals surface area (Å²) in [4.78, 5) is 32.9. The van der Waals surface area contributed by atoms with Crippen LogP contribution in [-0.4, -0.2) is 38.9 Å². The van der Waals surface area contributed by atoms with Crippen LogP contribution in [0.5, 0.6) is 0 Å². The SMILES string of the molecule is O=C(CSc1nc2ccccc2c(=O)n1-c1cccnc1)NCC(F)(F)F. The molecule has 0 aliphatic carbocycles. The molecule has 0 unspecified atom stereocenters. The first-order valence-electron chi connectivity index (χ1n) is 7.73. The van der Waals surface area contributed by atoms with E-state index in [1.165, 1.54) is 10.8 Å². The first-order valence-corrected chi connectivity index (χ1v) is 8.72. The van der Waals surface area contributed by atoms with Crippen molar-refractivity contribution >= 4 is 28.6 Å². The normalized spacial score (nSPS) is 11.5. The number of amides is 1. The van der Waals surface area contributed by atoms with Gasteiger partial charge in [0.25, 0.3) is 5.56 Å². The highest BCUT2D eigenvalue weighted by Gasteiger charge is 2.27. The minimum Gasteiger partial charge on any atom is -0.346 e. The number of benzene rings is 1. The van der Waals surface area contributed by atoms with Crippen LogP contribution in [0, 0.1) is 0 Å². The van der Waals surface area contributed by atoms with Gasteiger partial charge < -0.3 is 5.32 Å². The number of carbonyl (C=O) groups excluding carboxylic acids is 1. The van der Waals surface area contributed by atoms with Gasteiger partial charge in [-0.05, 0) is 24.3 Å². The molecule has 0 aliphatic heterocycles. The number of pyridine rings is 1. The smallest absolute Gasteiger partial charge is 0.346 e. The van der Waals surface area contributed by atoms with Gasteiger partial charge in [-0.2, -0.15) is 13.2 Å². The fraction of sp³-hybridized carbons (Fsp3) is 0.176. The number of nitrogens with zero attached hydrogens (tertiary/aromatic N) is 3. The van der Waals surface area contributed by atoms with E-state index >= 15 is 0 Å². The van der Waals surface area contributed by atoms with E-state index in [1.54, 1.807) is 47.9 Å². The number of rotatable bonds is 5. The van der Waals surface area contributed by atoms with Gasteiger partial charge in [0, 0.05) is 6.20 Å². The zero-order valence-electron chi connectivity index (χ0n) is 13.7. The average molecular weight is 394 g/mol. The van der Waals surface area contributed by atoms with Crippen molar-refractivity contribution in [3.8, 4) is 5.69 Å². The predicted octanol–water partition coefficient (Wildman–Crippen LogP) is 2.55. The second kappa shape index (κ2) is 7.78. The highest BCUT2D eigenvalue weighted by molar-refractivity contribution is 7.99. The molecule has 0 bridgehead atoms. The Bertz CT molecular complexity index is 1020. The quantitative estimate of drug-likeness (QED) is 0.532. The maximum absolute atomic E-state index is 12.9. The molecule has 0 saturated heterocycles. The van der Waals surface area contributed by atoms with Gasteiger partial charge in [0.05, 0.1) is 28.5 Å². The molecule has 0 saturated carbocycles. The molecule has 0 atom stereocenters. The molecule has 3 aromatic rings. The van der Waals surface area contributed by atoms with Gasteiger partial charge >= 0.3 is 6.18 Å². The number of alkyl halides is 3. The van der Waals surface area contributed by atoms with E-state index in [4.69, 9.17) is 0 Å². The molecule has 2 heterocycles. The van der Waals surface area contributed by atoms with E-state index in [2.05, 4.69) is 9.97 Å². The van der Waals surface area contributed by atoms with Gasteiger partial charge in [-0.25, -0.2) is 4.98 Å². The zero-order chi connectivity index (χ0) is 19.4. The number of hydrogen-bond acceptors (Lipinski definition) is 5. The van der Waals surface area contributed by atoms with E-state index in [0.29, 0.717) is 16.6 Å². The molecule has 0 aliphatic rings. The molecule has 10 heteroatoms. The summed E-state index contributed by atoms with van der Waals surface area (Å²) in [6, 6.07) is 9.99. The van der Waals surface area contributed by atoms with Gasteiger partial charge in [0.2, 0.25) is 5.91 Å². The van der Waals surface area contributed by atoms with Crippen molar-refractivity contribution in [1.29, 1.82) is 0 Å². The zero-order valence-corrected chi connectivity index (χ0v) is 14.5. The van der Waals surface area contributed by atoms with Crippen LogP contribution >= 0.6 is 11.8 Å². The number of hydrogen-bond donors (Lipinski definition) is 1. The Labute approximate surface area is 155 Å². The van der Waals surface area contributed by atoms with E-state index in [1.807, 2.05) is 0 Å². The fourth-order valence-electron chi connectivity index (χ4n) is 2.30. The minimum atomic E-state index is -4.49. The minimum absolute atomic E-state index is 0.189. The molecule has 27 heavy (non-hydrogen) atoms. The van der Waals surface area contributed by atoms with Crippen molar-refractivity contribution in [1.82, 2.24) is 19.9 Å². The first-order chi connectivity index (χ1) is 12.8. The van der Waals surface area contributed by atoms with Crippen molar-refractivity contribution in [2.24, 2.45) is 0 Å². The van der Waals surface area contributed by atoms with Crippen LogP contribution in [0.1, 0.15) is 0 Å². The third-order valence-electron chi connectivity index (χ3n) is 3.47. The van der Waals surface area contributed by atoms with E-state index in [0.717, 1.165) is 11.8 Å². The van der Waals surface area contributed by atoms with Gasteiger partial charge in [-0.15, -0.1) is 0 Å².